The molecule has 1 aliphatic rings. The van der Waals surface area contributed by atoms with Gasteiger partial charge in [-0.2, -0.15) is 5.10 Å². The zero-order chi connectivity index (χ0) is 21.2. The molecule has 4 aromatic rings. The molecule has 0 bridgehead atoms. The van der Waals surface area contributed by atoms with Crippen LogP contribution in [0.5, 0.6) is 0 Å². The van der Waals surface area contributed by atoms with Crippen LogP contribution in [0.4, 0.5) is 11.4 Å². The number of carboxylic acid groups (broad SMARTS) is 1. The van der Waals surface area contributed by atoms with Gasteiger partial charge in [0, 0.05) is 47.3 Å². The van der Waals surface area contributed by atoms with Crippen LogP contribution in [0.3, 0.4) is 0 Å². The maximum atomic E-state index is 11.5. The van der Waals surface area contributed by atoms with Crippen molar-refractivity contribution in [1.29, 1.82) is 0 Å². The summed E-state index contributed by atoms with van der Waals surface area (Å²) in [6, 6.07) is 17.3. The van der Waals surface area contributed by atoms with Crippen molar-refractivity contribution in [2.45, 2.75) is 38.1 Å². The smallest absolute Gasteiger partial charge is 0.335 e. The largest absolute Gasteiger partial charge is 0.478 e. The van der Waals surface area contributed by atoms with Crippen molar-refractivity contribution in [3.05, 3.63) is 83.8 Å². The fourth-order valence-corrected chi connectivity index (χ4v) is 4.53. The highest BCUT2D eigenvalue weighted by molar-refractivity contribution is 5.90. The molecule has 0 amide bonds. The van der Waals surface area contributed by atoms with E-state index < -0.39 is 5.97 Å². The molecule has 1 aliphatic carbocycles. The summed E-state index contributed by atoms with van der Waals surface area (Å²) in [4.78, 5) is 17.9. The molecule has 6 nitrogen and oxygen atoms in total. The Labute approximate surface area is 180 Å². The maximum absolute atomic E-state index is 11.5. The van der Waals surface area contributed by atoms with E-state index in [0.717, 1.165) is 22.5 Å². The molecule has 0 aliphatic heterocycles. The molecule has 0 spiro atoms. The first-order valence-corrected chi connectivity index (χ1v) is 10.7. The van der Waals surface area contributed by atoms with Crippen LogP contribution in [0, 0.1) is 0 Å². The monoisotopic (exact) mass is 412 g/mol. The molecule has 2 aromatic carbocycles. The van der Waals surface area contributed by atoms with Crippen LogP contribution < -0.4 is 4.90 Å². The molecule has 156 valence electrons. The fraction of sp³-hybridized carbons (Fsp3) is 0.240. The fourth-order valence-electron chi connectivity index (χ4n) is 4.53. The zero-order valence-electron chi connectivity index (χ0n) is 17.2. The summed E-state index contributed by atoms with van der Waals surface area (Å²) in [7, 11) is 0. The van der Waals surface area contributed by atoms with Crippen molar-refractivity contribution in [1.82, 2.24) is 15.2 Å². The maximum Gasteiger partial charge on any atom is 0.335 e. The number of aromatic carboxylic acids is 1. The number of aromatic nitrogens is 3. The molecule has 1 fully saturated rings. The number of rotatable bonds is 6. The van der Waals surface area contributed by atoms with Gasteiger partial charge >= 0.3 is 5.97 Å². The van der Waals surface area contributed by atoms with Gasteiger partial charge in [0.05, 0.1) is 11.1 Å². The third kappa shape index (κ3) is 3.89. The van der Waals surface area contributed by atoms with Crippen LogP contribution in [-0.4, -0.2) is 26.3 Å². The van der Waals surface area contributed by atoms with Gasteiger partial charge in [-0.15, -0.1) is 0 Å². The number of carboxylic acids is 1. The Morgan fingerprint density at radius 2 is 1.90 bits per heavy atom. The van der Waals surface area contributed by atoms with Gasteiger partial charge in [0.1, 0.15) is 0 Å². The minimum absolute atomic E-state index is 0.262. The van der Waals surface area contributed by atoms with Crippen molar-refractivity contribution < 1.29 is 9.90 Å². The highest BCUT2D eigenvalue weighted by Gasteiger charge is 2.22. The predicted octanol–water partition coefficient (Wildman–Crippen LogP) is 5.65. The molecule has 0 atom stereocenters. The number of pyridine rings is 1. The van der Waals surface area contributed by atoms with Gasteiger partial charge in [-0.05, 0) is 60.9 Å². The number of aromatic amines is 1. The molecule has 2 heterocycles. The van der Waals surface area contributed by atoms with Gasteiger partial charge in [-0.1, -0.05) is 25.0 Å². The Balaban J connectivity index is 1.56. The number of nitrogens with zero attached hydrogens (tertiary/aromatic N) is 3. The van der Waals surface area contributed by atoms with Gasteiger partial charge in [-0.3, -0.25) is 10.1 Å². The van der Waals surface area contributed by atoms with Crippen molar-refractivity contribution in [2.75, 3.05) is 4.90 Å². The Kier molecular flexibility index (Phi) is 5.12. The van der Waals surface area contributed by atoms with Crippen LogP contribution in [-0.2, 0) is 6.54 Å². The third-order valence-electron chi connectivity index (χ3n) is 6.11. The molecule has 5 rings (SSSR count). The van der Waals surface area contributed by atoms with E-state index in [9.17, 15) is 9.90 Å². The minimum atomic E-state index is -0.938. The molecule has 0 unspecified atom stereocenters. The second-order valence-corrected chi connectivity index (χ2v) is 8.12. The van der Waals surface area contributed by atoms with E-state index in [1.54, 1.807) is 24.4 Å². The van der Waals surface area contributed by atoms with E-state index in [1.807, 2.05) is 24.4 Å². The normalized spacial score (nSPS) is 14.2. The second-order valence-electron chi connectivity index (χ2n) is 8.12. The molecule has 0 saturated heterocycles. The van der Waals surface area contributed by atoms with Crippen LogP contribution in [0.25, 0.3) is 10.9 Å². The number of H-pyrrole nitrogens is 1. The SMILES string of the molecule is O=C(O)c1cccc(N(Cc2cccnc2)c2ccc3c(C4CCCC4)[nH]nc3c2)c1. The summed E-state index contributed by atoms with van der Waals surface area (Å²) in [5.41, 5.74) is 5.25. The number of anilines is 2. The summed E-state index contributed by atoms with van der Waals surface area (Å²) in [6.45, 7) is 0.572. The molecule has 2 aromatic heterocycles. The topological polar surface area (TPSA) is 82.1 Å². The highest BCUT2D eigenvalue weighted by Crippen LogP contribution is 2.38. The number of benzene rings is 2. The molecule has 0 radical (unpaired) electrons. The van der Waals surface area contributed by atoms with Crippen LogP contribution >= 0.6 is 0 Å². The van der Waals surface area contributed by atoms with Gasteiger partial charge < -0.3 is 10.0 Å². The first-order valence-electron chi connectivity index (χ1n) is 10.7. The lowest BCUT2D eigenvalue weighted by Gasteiger charge is -2.25. The average molecular weight is 412 g/mol. The molecule has 6 heteroatoms. The Morgan fingerprint density at radius 1 is 1.06 bits per heavy atom. The van der Waals surface area contributed by atoms with Gasteiger partial charge in [0.25, 0.3) is 0 Å². The minimum Gasteiger partial charge on any atom is -0.478 e. The molecular weight excluding hydrogens is 388 g/mol. The lowest BCUT2D eigenvalue weighted by molar-refractivity contribution is 0.0697. The van der Waals surface area contributed by atoms with E-state index in [2.05, 4.69) is 38.3 Å². The summed E-state index contributed by atoms with van der Waals surface area (Å²) in [5.74, 6) is -0.373. The number of hydrogen-bond donors (Lipinski definition) is 2. The zero-order valence-corrected chi connectivity index (χ0v) is 17.2. The number of fused-ring (bicyclic) bond motifs is 1. The average Bonchev–Trinajstić information content (AvgIpc) is 3.47. The van der Waals surface area contributed by atoms with E-state index in [0.29, 0.717) is 12.5 Å². The van der Waals surface area contributed by atoms with E-state index in [-0.39, 0.29) is 5.56 Å². The number of carbonyl (C=O) groups is 1. The first-order chi connectivity index (χ1) is 15.2. The van der Waals surface area contributed by atoms with Crippen molar-refractivity contribution in [3.8, 4) is 0 Å². The van der Waals surface area contributed by atoms with Gasteiger partial charge in [0.2, 0.25) is 0 Å². The summed E-state index contributed by atoms with van der Waals surface area (Å²) >= 11 is 0. The quantitative estimate of drug-likeness (QED) is 0.427. The number of nitrogens with one attached hydrogen (secondary N) is 1. The summed E-state index contributed by atoms with van der Waals surface area (Å²) in [6.07, 6.45) is 8.57. The predicted molar refractivity (Wildman–Crippen MR) is 121 cm³/mol. The van der Waals surface area contributed by atoms with E-state index in [4.69, 9.17) is 0 Å². The van der Waals surface area contributed by atoms with Crippen LogP contribution in [0.15, 0.2) is 67.0 Å². The lowest BCUT2D eigenvalue weighted by Crippen LogP contribution is -2.17. The Morgan fingerprint density at radius 3 is 2.68 bits per heavy atom. The Hall–Kier alpha value is -3.67. The molecule has 2 N–H and O–H groups in total. The van der Waals surface area contributed by atoms with E-state index in [1.165, 1.54) is 36.8 Å². The van der Waals surface area contributed by atoms with Crippen molar-refractivity contribution >= 4 is 28.2 Å². The second kappa shape index (κ2) is 8.22. The molecular formula is C25H24N4O2. The summed E-state index contributed by atoms with van der Waals surface area (Å²) < 4.78 is 0. The standard InChI is InChI=1S/C25H24N4O2/c30-25(31)19-8-3-9-20(13-19)29(16-17-5-4-12-26-15-17)21-10-11-22-23(14-21)27-28-24(22)18-6-1-2-7-18/h3-5,8-15,18H,1-2,6-7,16H2,(H,27,28)(H,30,31). The first kappa shape index (κ1) is 19.3. The van der Waals surface area contributed by atoms with Crippen LogP contribution in [0.1, 0.15) is 53.2 Å². The third-order valence-corrected chi connectivity index (χ3v) is 6.11. The van der Waals surface area contributed by atoms with Gasteiger partial charge in [-0.25, -0.2) is 4.79 Å². The highest BCUT2D eigenvalue weighted by atomic mass is 16.4. The number of hydrogen-bond acceptors (Lipinski definition) is 4. The summed E-state index contributed by atoms with van der Waals surface area (Å²) in [5, 5.41) is 18.5. The van der Waals surface area contributed by atoms with Crippen molar-refractivity contribution in [2.24, 2.45) is 0 Å². The van der Waals surface area contributed by atoms with Crippen LogP contribution in [0.2, 0.25) is 0 Å². The van der Waals surface area contributed by atoms with Gasteiger partial charge in [0.15, 0.2) is 0 Å². The Bertz CT molecular complexity index is 1210. The molecule has 1 saturated carbocycles. The molecule has 31 heavy (non-hydrogen) atoms. The van der Waals surface area contributed by atoms with Crippen molar-refractivity contribution in [3.63, 3.8) is 0 Å². The lowest BCUT2D eigenvalue weighted by atomic mass is 10.0. The van der Waals surface area contributed by atoms with E-state index >= 15 is 0 Å².